The molecule has 2 rings (SSSR count). The summed E-state index contributed by atoms with van der Waals surface area (Å²) in [6.45, 7) is 7.50. The van der Waals surface area contributed by atoms with E-state index in [4.69, 9.17) is 11.5 Å². The minimum Gasteiger partial charge on any atom is -0.508 e. The van der Waals surface area contributed by atoms with E-state index in [2.05, 4.69) is 54.5 Å². The first-order chi connectivity index (χ1) is 26.7. The second kappa shape index (κ2) is 23.0. The molecule has 18 nitrogen and oxygen atoms in total. The smallest absolute Gasteiger partial charge is 0.303 e. The third-order valence-electron chi connectivity index (χ3n) is 8.68. The Kier molecular flexibility index (Phi) is 19.3. The van der Waals surface area contributed by atoms with Crippen LogP contribution in [0.25, 0.3) is 0 Å². The van der Waals surface area contributed by atoms with Gasteiger partial charge in [-0.1, -0.05) is 52.0 Å². The molecule has 7 amide bonds. The predicted octanol–water partition coefficient (Wildman–Crippen LogP) is -0.668. The van der Waals surface area contributed by atoms with Gasteiger partial charge in [-0.25, -0.2) is 0 Å². The highest BCUT2D eigenvalue weighted by Crippen LogP contribution is 2.13. The molecule has 0 fully saturated rings. The van der Waals surface area contributed by atoms with Crippen molar-refractivity contribution in [2.45, 2.75) is 96.6 Å². The maximum Gasteiger partial charge on any atom is 0.303 e. The molecule has 57 heavy (non-hydrogen) atoms. The molecule has 12 N–H and O–H groups in total. The number of nitrogens with one attached hydrogen (secondary N) is 6. The van der Waals surface area contributed by atoms with Crippen LogP contribution in [0.2, 0.25) is 0 Å². The monoisotopic (exact) mass is 906 g/mol. The summed E-state index contributed by atoms with van der Waals surface area (Å²) in [5.41, 5.74) is 12.5. The van der Waals surface area contributed by atoms with E-state index in [1.807, 2.05) is 0 Å². The summed E-state index contributed by atoms with van der Waals surface area (Å²) < 4.78 is 0.904. The number of aliphatic carboxylic acids is 1. The average Bonchev–Trinajstić information content (AvgIpc) is 3.14. The van der Waals surface area contributed by atoms with Crippen LogP contribution in [0.15, 0.2) is 48.5 Å². The molecule has 0 radical (unpaired) electrons. The Bertz CT molecular complexity index is 1740. The number of carboxylic acid groups (broad SMARTS) is 1. The highest BCUT2D eigenvalue weighted by atomic mass is 125. The topological polar surface area (TPSA) is 301 Å². The van der Waals surface area contributed by atoms with Crippen molar-refractivity contribution in [3.8, 4) is 5.75 Å². The van der Waals surface area contributed by atoms with Gasteiger partial charge in [0.25, 0.3) is 0 Å². The molecule has 0 aromatic heterocycles. The maximum atomic E-state index is 13.9. The summed E-state index contributed by atoms with van der Waals surface area (Å²) in [5, 5.41) is 34.1. The zero-order valence-corrected chi connectivity index (χ0v) is 34.6. The lowest BCUT2D eigenvalue weighted by Crippen LogP contribution is -2.61. The van der Waals surface area contributed by atoms with Gasteiger partial charge in [-0.2, -0.15) is 0 Å². The molecule has 0 saturated carbocycles. The van der Waals surface area contributed by atoms with E-state index in [-0.39, 0.29) is 25.0 Å². The lowest BCUT2D eigenvalue weighted by Gasteiger charge is -2.29. The summed E-state index contributed by atoms with van der Waals surface area (Å²) >= 11 is 2.10. The summed E-state index contributed by atoms with van der Waals surface area (Å²) in [6.07, 6.45) is -0.886. The number of primary amides is 1. The first-order valence-electron chi connectivity index (χ1n) is 18.3. The second-order valence-electron chi connectivity index (χ2n) is 14.2. The van der Waals surface area contributed by atoms with Gasteiger partial charge in [-0.05, 0) is 89.6 Å². The fraction of sp³-hybridized carbons (Fsp3) is 0.474. The largest absolute Gasteiger partial charge is 0.508 e. The van der Waals surface area contributed by atoms with Gasteiger partial charge < -0.3 is 53.6 Å². The fourth-order valence-electron chi connectivity index (χ4n) is 5.39. The Morgan fingerprint density at radius 2 is 1.12 bits per heavy atom. The van der Waals surface area contributed by atoms with E-state index in [0.29, 0.717) is 11.1 Å². The lowest BCUT2D eigenvalue weighted by atomic mass is 9.99. The highest BCUT2D eigenvalue weighted by Gasteiger charge is 2.34. The lowest BCUT2D eigenvalue weighted by molar-refractivity contribution is -0.139. The number of aromatic hydroxyl groups is 1. The van der Waals surface area contributed by atoms with Crippen molar-refractivity contribution in [3.63, 3.8) is 0 Å². The number of carbonyl (C=O) groups excluding carboxylic acids is 7. The summed E-state index contributed by atoms with van der Waals surface area (Å²) in [6, 6.07) is 5.78. The van der Waals surface area contributed by atoms with Crippen molar-refractivity contribution in [1.29, 1.82) is 0 Å². The SMILES string of the molecule is CC(C)[C@H](NC(=O)[C@H](CCC(=O)O)NC(=O)[C@H](Cc1ccc([125I])cc1)NC(=O)[C@@H](C)NC(=O)[C@@H](N)Cc1ccc(O)cc1)C(=O)N[C@H](C(=O)NCC(N)=O)C(C)C. The molecule has 2 aromatic carbocycles. The quantitative estimate of drug-likeness (QED) is 0.0662. The molecule has 0 unspecified atom stereocenters. The van der Waals surface area contributed by atoms with Crippen LogP contribution in [-0.2, 0) is 51.2 Å². The van der Waals surface area contributed by atoms with Crippen molar-refractivity contribution in [1.82, 2.24) is 31.9 Å². The highest BCUT2D eigenvalue weighted by molar-refractivity contribution is 14.1. The van der Waals surface area contributed by atoms with Crippen LogP contribution in [0.5, 0.6) is 5.75 Å². The van der Waals surface area contributed by atoms with E-state index in [0.717, 1.165) is 3.57 Å². The number of hydrogen-bond donors (Lipinski definition) is 10. The number of amides is 7. The van der Waals surface area contributed by atoms with Gasteiger partial charge in [-0.15, -0.1) is 0 Å². The molecule has 0 aliphatic carbocycles. The molecule has 19 heteroatoms. The molecular weight excluding hydrogens is 853 g/mol. The summed E-state index contributed by atoms with van der Waals surface area (Å²) in [4.78, 5) is 103. The van der Waals surface area contributed by atoms with Crippen LogP contribution < -0.4 is 43.4 Å². The Hall–Kier alpha value is -5.31. The molecule has 2 aromatic rings. The van der Waals surface area contributed by atoms with Gasteiger partial charge in [0.05, 0.1) is 12.6 Å². The minimum atomic E-state index is -1.49. The van der Waals surface area contributed by atoms with Gasteiger partial charge in [0.1, 0.15) is 36.0 Å². The number of hydrogen-bond acceptors (Lipinski definition) is 10. The van der Waals surface area contributed by atoms with E-state index in [1.54, 1.807) is 64.1 Å². The van der Waals surface area contributed by atoms with E-state index in [1.165, 1.54) is 19.1 Å². The van der Waals surface area contributed by atoms with Gasteiger partial charge in [-0.3, -0.25) is 38.4 Å². The van der Waals surface area contributed by atoms with Crippen LogP contribution in [0.3, 0.4) is 0 Å². The molecular formula is C38H53IN8O10. The first kappa shape index (κ1) is 47.8. The van der Waals surface area contributed by atoms with Crippen molar-refractivity contribution >= 4 is 69.9 Å². The van der Waals surface area contributed by atoms with Crippen LogP contribution in [0.4, 0.5) is 0 Å². The molecule has 312 valence electrons. The van der Waals surface area contributed by atoms with Crippen LogP contribution in [0.1, 0.15) is 58.6 Å². The number of rotatable bonds is 22. The number of phenolic OH excluding ortho intramolecular Hbond substituents is 1. The standard InChI is InChI=1S/C38H53IN8O10/c1-19(2)31(37(56)42-18-29(41)49)47-38(57)32(20(3)4)46-35(54)27(14-15-30(50)51)44-36(55)28(17-23-6-10-24(39)11-7-23)45-33(52)21(5)43-34(53)26(40)16-22-8-12-25(48)13-9-22/h6-13,19-21,26-28,31-32,48H,14-18,40H2,1-5H3,(H2,41,49)(H,42,56)(H,43,53)(H,44,55)(H,45,52)(H,46,54)(H,47,57)(H,50,51)/t21-,26+,27+,28+,31+,32+/m1/s1/i39-2. The summed E-state index contributed by atoms with van der Waals surface area (Å²) in [5.74, 6) is -7.59. The molecule has 0 bridgehead atoms. The van der Waals surface area contributed by atoms with E-state index < -0.39 is 108 Å². The Labute approximate surface area is 344 Å². The molecule has 0 heterocycles. The van der Waals surface area contributed by atoms with E-state index >= 15 is 0 Å². The molecule has 0 saturated heterocycles. The van der Waals surface area contributed by atoms with Gasteiger partial charge in [0.2, 0.25) is 41.4 Å². The third kappa shape index (κ3) is 16.8. The number of carboxylic acids is 1. The Morgan fingerprint density at radius 3 is 1.67 bits per heavy atom. The number of benzene rings is 2. The molecule has 0 aliphatic rings. The van der Waals surface area contributed by atoms with Gasteiger partial charge in [0.15, 0.2) is 0 Å². The molecule has 6 atom stereocenters. The van der Waals surface area contributed by atoms with Crippen LogP contribution in [0, 0.1) is 15.4 Å². The van der Waals surface area contributed by atoms with Crippen molar-refractivity contribution < 1.29 is 48.6 Å². The van der Waals surface area contributed by atoms with Crippen molar-refractivity contribution in [3.05, 3.63) is 63.2 Å². The predicted molar refractivity (Wildman–Crippen MR) is 217 cm³/mol. The zero-order valence-electron chi connectivity index (χ0n) is 32.5. The second-order valence-corrected chi connectivity index (χ2v) is 15.5. The molecule has 0 spiro atoms. The summed E-state index contributed by atoms with van der Waals surface area (Å²) in [7, 11) is 0. The number of nitrogens with two attached hydrogens (primary N) is 2. The Balaban J connectivity index is 2.29. The zero-order chi connectivity index (χ0) is 43.0. The number of halogens is 1. The maximum absolute atomic E-state index is 13.9. The number of carbonyl (C=O) groups is 8. The average molecular weight is 907 g/mol. The minimum absolute atomic E-state index is 0.0462. The van der Waals surface area contributed by atoms with Crippen molar-refractivity contribution in [2.75, 3.05) is 6.54 Å². The number of phenols is 1. The van der Waals surface area contributed by atoms with Gasteiger partial charge in [0, 0.05) is 16.4 Å². The van der Waals surface area contributed by atoms with Crippen LogP contribution in [-0.4, -0.2) is 100 Å². The Morgan fingerprint density at radius 1 is 0.632 bits per heavy atom. The molecule has 0 aliphatic heterocycles. The van der Waals surface area contributed by atoms with Crippen molar-refractivity contribution in [2.24, 2.45) is 23.3 Å². The first-order valence-corrected chi connectivity index (χ1v) is 19.3. The normalized spacial score (nSPS) is 14.2. The fourth-order valence-corrected chi connectivity index (χ4v) is 5.75. The third-order valence-corrected chi connectivity index (χ3v) is 9.40. The van der Waals surface area contributed by atoms with E-state index in [9.17, 15) is 48.6 Å². The van der Waals surface area contributed by atoms with Crippen LogP contribution >= 0.6 is 22.6 Å². The van der Waals surface area contributed by atoms with Gasteiger partial charge >= 0.3 is 5.97 Å².